The van der Waals surface area contributed by atoms with Crippen molar-refractivity contribution in [2.75, 3.05) is 18.2 Å². The summed E-state index contributed by atoms with van der Waals surface area (Å²) in [5.41, 5.74) is 7.63. The highest BCUT2D eigenvalue weighted by Gasteiger charge is 2.14. The molecule has 5 heteroatoms. The van der Waals surface area contributed by atoms with E-state index < -0.39 is 5.97 Å². The molecule has 0 amide bonds. The second kappa shape index (κ2) is 6.63. The highest BCUT2D eigenvalue weighted by molar-refractivity contribution is 7.11. The molecule has 0 radical (unpaired) electrons. The minimum Gasteiger partial charge on any atom is -0.465 e. The molecule has 1 atom stereocenters. The number of para-hydroxylation sites is 1. The van der Waals surface area contributed by atoms with Crippen molar-refractivity contribution in [1.82, 2.24) is 0 Å². The zero-order valence-electron chi connectivity index (χ0n) is 12.5. The van der Waals surface area contributed by atoms with E-state index in [0.29, 0.717) is 11.3 Å². The standard InChI is InChI=1S/C16H20N2O2S/c1-10(9-12-8-7-11(2)21-12)18-14-6-4-5-13(15(14)17)16(19)20-3/h4-8,10,18H,9,17H2,1-3H3. The molecular formula is C16H20N2O2S. The average Bonchev–Trinajstić information content (AvgIpc) is 2.85. The van der Waals surface area contributed by atoms with Crippen molar-refractivity contribution in [2.45, 2.75) is 26.3 Å². The maximum Gasteiger partial charge on any atom is 0.340 e. The molecule has 2 rings (SSSR count). The summed E-state index contributed by atoms with van der Waals surface area (Å²) in [6, 6.07) is 9.83. The highest BCUT2D eigenvalue weighted by atomic mass is 32.1. The number of nitrogens with one attached hydrogen (secondary N) is 1. The van der Waals surface area contributed by atoms with Crippen LogP contribution in [0.2, 0.25) is 0 Å². The lowest BCUT2D eigenvalue weighted by molar-refractivity contribution is 0.0602. The first-order valence-corrected chi connectivity index (χ1v) is 7.61. The van der Waals surface area contributed by atoms with Gasteiger partial charge < -0.3 is 15.8 Å². The van der Waals surface area contributed by atoms with Gasteiger partial charge in [0.25, 0.3) is 0 Å². The number of rotatable bonds is 5. The number of ether oxygens (including phenoxy) is 1. The van der Waals surface area contributed by atoms with Crippen LogP contribution in [0.4, 0.5) is 11.4 Å². The van der Waals surface area contributed by atoms with Gasteiger partial charge in [0.15, 0.2) is 0 Å². The summed E-state index contributed by atoms with van der Waals surface area (Å²) in [6.45, 7) is 4.20. The number of carbonyl (C=O) groups excluding carboxylic acids is 1. The molecule has 0 saturated carbocycles. The Bertz CT molecular complexity index is 637. The van der Waals surface area contributed by atoms with Gasteiger partial charge in [-0.1, -0.05) is 6.07 Å². The molecule has 1 heterocycles. The summed E-state index contributed by atoms with van der Waals surface area (Å²) in [4.78, 5) is 14.3. The molecule has 0 saturated heterocycles. The zero-order valence-corrected chi connectivity index (χ0v) is 13.3. The molecule has 2 aromatic rings. The molecule has 1 aromatic heterocycles. The molecule has 0 spiro atoms. The fraction of sp³-hybridized carbons (Fsp3) is 0.312. The Kier molecular flexibility index (Phi) is 4.85. The van der Waals surface area contributed by atoms with Crippen LogP contribution in [-0.2, 0) is 11.2 Å². The summed E-state index contributed by atoms with van der Waals surface area (Å²) < 4.78 is 4.73. The fourth-order valence-electron chi connectivity index (χ4n) is 2.19. The number of nitrogen functional groups attached to an aromatic ring is 1. The van der Waals surface area contributed by atoms with Gasteiger partial charge in [-0.25, -0.2) is 4.79 Å². The predicted molar refractivity (Wildman–Crippen MR) is 88.0 cm³/mol. The number of thiophene rings is 1. The van der Waals surface area contributed by atoms with Crippen molar-refractivity contribution in [3.8, 4) is 0 Å². The number of methoxy groups -OCH3 is 1. The summed E-state index contributed by atoms with van der Waals surface area (Å²) in [5.74, 6) is -0.419. The third kappa shape index (κ3) is 3.76. The van der Waals surface area contributed by atoms with Crippen LogP contribution in [-0.4, -0.2) is 19.1 Å². The minimum atomic E-state index is -0.419. The van der Waals surface area contributed by atoms with Gasteiger partial charge in [-0.2, -0.15) is 0 Å². The number of anilines is 2. The molecule has 3 N–H and O–H groups in total. The van der Waals surface area contributed by atoms with Crippen LogP contribution in [0.25, 0.3) is 0 Å². The van der Waals surface area contributed by atoms with Gasteiger partial charge in [-0.3, -0.25) is 0 Å². The molecule has 112 valence electrons. The van der Waals surface area contributed by atoms with Crippen molar-refractivity contribution in [3.05, 3.63) is 45.6 Å². The smallest absolute Gasteiger partial charge is 0.340 e. The normalized spacial score (nSPS) is 12.0. The van der Waals surface area contributed by atoms with E-state index in [4.69, 9.17) is 10.5 Å². The Labute approximate surface area is 128 Å². The van der Waals surface area contributed by atoms with Gasteiger partial charge in [0, 0.05) is 22.2 Å². The number of carbonyl (C=O) groups is 1. The van der Waals surface area contributed by atoms with Gasteiger partial charge in [0.05, 0.1) is 24.0 Å². The van der Waals surface area contributed by atoms with Gasteiger partial charge >= 0.3 is 5.97 Å². The maximum atomic E-state index is 11.6. The minimum absolute atomic E-state index is 0.221. The van der Waals surface area contributed by atoms with E-state index in [1.54, 1.807) is 23.5 Å². The van der Waals surface area contributed by atoms with Crippen molar-refractivity contribution in [1.29, 1.82) is 0 Å². The first-order valence-electron chi connectivity index (χ1n) is 6.80. The van der Waals surface area contributed by atoms with E-state index in [2.05, 4.69) is 31.3 Å². The van der Waals surface area contributed by atoms with Crippen molar-refractivity contribution < 1.29 is 9.53 Å². The van der Waals surface area contributed by atoms with Crippen LogP contribution in [0.5, 0.6) is 0 Å². The van der Waals surface area contributed by atoms with E-state index >= 15 is 0 Å². The number of esters is 1. The SMILES string of the molecule is COC(=O)c1cccc(NC(C)Cc2ccc(C)s2)c1N. The number of aryl methyl sites for hydroxylation is 1. The Morgan fingerprint density at radius 2 is 2.14 bits per heavy atom. The molecule has 21 heavy (non-hydrogen) atoms. The molecule has 0 fully saturated rings. The van der Waals surface area contributed by atoms with E-state index in [1.165, 1.54) is 16.9 Å². The van der Waals surface area contributed by atoms with Gasteiger partial charge in [0.2, 0.25) is 0 Å². The molecule has 0 aliphatic heterocycles. The lowest BCUT2D eigenvalue weighted by atomic mass is 10.1. The first-order chi connectivity index (χ1) is 10.0. The second-order valence-electron chi connectivity index (χ2n) is 5.02. The number of hydrogen-bond acceptors (Lipinski definition) is 5. The number of hydrogen-bond donors (Lipinski definition) is 2. The van der Waals surface area contributed by atoms with Crippen LogP contribution < -0.4 is 11.1 Å². The Balaban J connectivity index is 2.10. The lowest BCUT2D eigenvalue weighted by Gasteiger charge is -2.17. The largest absolute Gasteiger partial charge is 0.465 e. The summed E-state index contributed by atoms with van der Waals surface area (Å²) in [5, 5.41) is 3.36. The first kappa shape index (κ1) is 15.4. The van der Waals surface area contributed by atoms with Gasteiger partial charge in [0.1, 0.15) is 0 Å². The molecule has 4 nitrogen and oxygen atoms in total. The quantitative estimate of drug-likeness (QED) is 0.656. The molecule has 1 aromatic carbocycles. The zero-order chi connectivity index (χ0) is 15.4. The highest BCUT2D eigenvalue weighted by Crippen LogP contribution is 2.25. The fourth-order valence-corrected chi connectivity index (χ4v) is 3.21. The van der Waals surface area contributed by atoms with E-state index in [9.17, 15) is 4.79 Å². The molecule has 1 unspecified atom stereocenters. The maximum absolute atomic E-state index is 11.6. The van der Waals surface area contributed by atoms with E-state index in [0.717, 1.165) is 12.1 Å². The Morgan fingerprint density at radius 1 is 1.38 bits per heavy atom. The van der Waals surface area contributed by atoms with Crippen LogP contribution in [0.15, 0.2) is 30.3 Å². The number of benzene rings is 1. The number of nitrogens with two attached hydrogens (primary N) is 1. The van der Waals surface area contributed by atoms with Crippen LogP contribution in [0, 0.1) is 6.92 Å². The second-order valence-corrected chi connectivity index (χ2v) is 6.39. The van der Waals surface area contributed by atoms with Crippen LogP contribution in [0.1, 0.15) is 27.0 Å². The van der Waals surface area contributed by atoms with Crippen molar-refractivity contribution >= 4 is 28.7 Å². The molecular weight excluding hydrogens is 284 g/mol. The van der Waals surface area contributed by atoms with Crippen LogP contribution in [0.3, 0.4) is 0 Å². The topological polar surface area (TPSA) is 64.3 Å². The molecule has 0 aliphatic carbocycles. The van der Waals surface area contributed by atoms with Gasteiger partial charge in [-0.05, 0) is 38.1 Å². The lowest BCUT2D eigenvalue weighted by Crippen LogP contribution is -2.19. The summed E-state index contributed by atoms with van der Waals surface area (Å²) >= 11 is 1.80. The molecule has 0 bridgehead atoms. The third-order valence-corrected chi connectivity index (χ3v) is 4.24. The van der Waals surface area contributed by atoms with Gasteiger partial charge in [-0.15, -0.1) is 11.3 Å². The monoisotopic (exact) mass is 304 g/mol. The van der Waals surface area contributed by atoms with Crippen LogP contribution >= 0.6 is 11.3 Å². The summed E-state index contributed by atoms with van der Waals surface area (Å²) in [6.07, 6.45) is 0.917. The molecule has 0 aliphatic rings. The Morgan fingerprint density at radius 3 is 2.76 bits per heavy atom. The van der Waals surface area contributed by atoms with Crippen molar-refractivity contribution in [2.24, 2.45) is 0 Å². The summed E-state index contributed by atoms with van der Waals surface area (Å²) in [7, 11) is 1.35. The van der Waals surface area contributed by atoms with E-state index in [-0.39, 0.29) is 6.04 Å². The Hall–Kier alpha value is -2.01. The predicted octanol–water partition coefficient (Wildman–Crippen LogP) is 3.47. The van der Waals surface area contributed by atoms with E-state index in [1.807, 2.05) is 6.07 Å². The third-order valence-electron chi connectivity index (χ3n) is 3.22. The average molecular weight is 304 g/mol. The van der Waals surface area contributed by atoms with Crippen molar-refractivity contribution in [3.63, 3.8) is 0 Å².